The second-order valence-electron chi connectivity index (χ2n) is 3.10. The first kappa shape index (κ1) is 14.4. The first-order valence-corrected chi connectivity index (χ1v) is 5.72. The van der Waals surface area contributed by atoms with Crippen molar-refractivity contribution in [3.63, 3.8) is 0 Å². The third-order valence-corrected chi connectivity index (χ3v) is 2.73. The van der Waals surface area contributed by atoms with E-state index in [4.69, 9.17) is 0 Å². The molecule has 0 aliphatic rings. The normalized spacial score (nSPS) is 10.9. The molecule has 0 heterocycles. The molecule has 0 N–H and O–H groups in total. The molecule has 0 saturated heterocycles. The quantitative estimate of drug-likeness (QED) is 0.624. The Kier molecular flexibility index (Phi) is 4.23. The number of halogens is 5. The topological polar surface area (TPSA) is 34.1 Å². The van der Waals surface area contributed by atoms with E-state index in [0.717, 1.165) is 6.07 Å². The minimum absolute atomic E-state index is 0.0833. The van der Waals surface area contributed by atoms with Gasteiger partial charge in [-0.3, -0.25) is 0 Å². The molecule has 8 heteroatoms. The van der Waals surface area contributed by atoms with E-state index in [0.29, 0.717) is 18.2 Å². The van der Waals surface area contributed by atoms with Crippen molar-refractivity contribution in [1.82, 2.24) is 0 Å². The molecule has 2 nitrogen and oxygen atoms in total. The third kappa shape index (κ3) is 3.95. The summed E-state index contributed by atoms with van der Waals surface area (Å²) < 4.78 is 82.1. The van der Waals surface area contributed by atoms with Crippen LogP contribution in [0.3, 0.4) is 0 Å². The van der Waals surface area contributed by atoms with Crippen LogP contribution in [0.5, 0.6) is 0 Å². The van der Waals surface area contributed by atoms with Crippen LogP contribution in [-0.4, -0.2) is 8.42 Å². The molecule has 1 rings (SSSR count). The van der Waals surface area contributed by atoms with Crippen LogP contribution in [0.2, 0.25) is 0 Å². The molecule has 0 radical (unpaired) electrons. The SMILES string of the molecule is O=S(=O)(F)c1ccc(C=C(F)F)cc1C=C(F)F. The van der Waals surface area contributed by atoms with Gasteiger partial charge in [0.2, 0.25) is 0 Å². The zero-order valence-electron chi connectivity index (χ0n) is 8.50. The summed E-state index contributed by atoms with van der Waals surface area (Å²) >= 11 is 0. The van der Waals surface area contributed by atoms with Gasteiger partial charge in [0.25, 0.3) is 12.2 Å². The summed E-state index contributed by atoms with van der Waals surface area (Å²) in [7, 11) is -5.21. The van der Waals surface area contributed by atoms with Gasteiger partial charge in [-0.05, 0) is 17.7 Å². The maximum atomic E-state index is 12.8. The minimum atomic E-state index is -5.21. The molecule has 0 saturated carbocycles. The van der Waals surface area contributed by atoms with Crippen LogP contribution in [0.15, 0.2) is 35.3 Å². The summed E-state index contributed by atoms with van der Waals surface area (Å²) in [5, 5.41) is 0. The maximum absolute atomic E-state index is 12.8. The van der Waals surface area contributed by atoms with E-state index in [2.05, 4.69) is 0 Å². The Bertz CT molecular complexity index is 611. The van der Waals surface area contributed by atoms with Crippen molar-refractivity contribution >= 4 is 22.4 Å². The lowest BCUT2D eigenvalue weighted by molar-refractivity contribution is 0.428. The highest BCUT2D eigenvalue weighted by atomic mass is 32.3. The van der Waals surface area contributed by atoms with E-state index in [1.54, 1.807) is 0 Å². The molecule has 0 bridgehead atoms. The highest BCUT2D eigenvalue weighted by molar-refractivity contribution is 7.86. The number of rotatable bonds is 3. The van der Waals surface area contributed by atoms with Gasteiger partial charge in [-0.1, -0.05) is 6.07 Å². The fourth-order valence-corrected chi connectivity index (χ4v) is 1.87. The number of benzene rings is 1. The molecule has 18 heavy (non-hydrogen) atoms. The Morgan fingerprint density at radius 2 is 1.56 bits per heavy atom. The van der Waals surface area contributed by atoms with E-state index in [1.807, 2.05) is 0 Å². The average Bonchev–Trinajstić information content (AvgIpc) is 2.13. The first-order chi connectivity index (χ1) is 8.20. The Hall–Kier alpha value is -1.70. The summed E-state index contributed by atoms with van der Waals surface area (Å²) in [5.74, 6) is 0. The van der Waals surface area contributed by atoms with Gasteiger partial charge < -0.3 is 0 Å². The molecule has 0 aromatic heterocycles. The van der Waals surface area contributed by atoms with Gasteiger partial charge in [-0.2, -0.15) is 26.0 Å². The third-order valence-electron chi connectivity index (χ3n) is 1.84. The van der Waals surface area contributed by atoms with Gasteiger partial charge in [0.05, 0.1) is 0 Å². The molecule has 0 amide bonds. The minimum Gasteiger partial charge on any atom is -0.189 e. The van der Waals surface area contributed by atoms with Crippen molar-refractivity contribution in [2.75, 3.05) is 0 Å². The van der Waals surface area contributed by atoms with Crippen LogP contribution in [0.25, 0.3) is 12.2 Å². The summed E-state index contributed by atoms with van der Waals surface area (Å²) in [6.45, 7) is 0. The van der Waals surface area contributed by atoms with Crippen LogP contribution in [0, 0.1) is 0 Å². The summed E-state index contributed by atoms with van der Waals surface area (Å²) in [4.78, 5) is -1.01. The molecule has 0 unspecified atom stereocenters. The predicted molar refractivity (Wildman–Crippen MR) is 55.1 cm³/mol. The molecule has 0 spiro atoms. The van der Waals surface area contributed by atoms with Crippen molar-refractivity contribution < 1.29 is 29.9 Å². The highest BCUT2D eigenvalue weighted by Crippen LogP contribution is 2.24. The largest absolute Gasteiger partial charge is 0.332 e. The predicted octanol–water partition coefficient (Wildman–Crippen LogP) is 3.82. The monoisotopic (exact) mass is 284 g/mol. The summed E-state index contributed by atoms with van der Waals surface area (Å²) in [6, 6.07) is 2.22. The number of hydrogen-bond acceptors (Lipinski definition) is 2. The van der Waals surface area contributed by atoms with Crippen molar-refractivity contribution in [3.05, 3.63) is 41.5 Å². The molecule has 0 aliphatic carbocycles. The van der Waals surface area contributed by atoms with Gasteiger partial charge in [-0.15, -0.1) is 3.89 Å². The molecule has 98 valence electrons. The maximum Gasteiger partial charge on any atom is 0.332 e. The molecule has 0 atom stereocenters. The second-order valence-corrected chi connectivity index (χ2v) is 4.42. The zero-order chi connectivity index (χ0) is 13.9. The highest BCUT2D eigenvalue weighted by Gasteiger charge is 2.17. The zero-order valence-corrected chi connectivity index (χ0v) is 9.32. The van der Waals surface area contributed by atoms with E-state index in [1.165, 1.54) is 0 Å². The summed E-state index contributed by atoms with van der Waals surface area (Å²) in [5.41, 5.74) is -0.928. The van der Waals surface area contributed by atoms with Crippen molar-refractivity contribution in [2.45, 2.75) is 4.90 Å². The molecular formula is C10H5F5O2S. The van der Waals surface area contributed by atoms with Gasteiger partial charge in [0.15, 0.2) is 0 Å². The fraction of sp³-hybridized carbons (Fsp3) is 0. The number of hydrogen-bond donors (Lipinski definition) is 0. The van der Waals surface area contributed by atoms with Crippen LogP contribution in [0.4, 0.5) is 21.4 Å². The smallest absolute Gasteiger partial charge is 0.189 e. The Labute approximate surface area is 99.3 Å². The molecule has 1 aromatic rings. The standard InChI is InChI=1S/C10H5F5O2S/c11-9(12)4-6-1-2-8(18(15,16)17)7(3-6)5-10(13)14/h1-5H. The lowest BCUT2D eigenvalue weighted by Crippen LogP contribution is -1.96. The van der Waals surface area contributed by atoms with Crippen molar-refractivity contribution in [3.8, 4) is 0 Å². The summed E-state index contributed by atoms with van der Waals surface area (Å²) in [6.07, 6.45) is -3.95. The van der Waals surface area contributed by atoms with Gasteiger partial charge >= 0.3 is 10.2 Å². The van der Waals surface area contributed by atoms with Gasteiger partial charge in [0, 0.05) is 17.7 Å². The molecule has 1 aromatic carbocycles. The second kappa shape index (κ2) is 5.30. The van der Waals surface area contributed by atoms with Gasteiger partial charge in [0.1, 0.15) is 4.90 Å². The van der Waals surface area contributed by atoms with Crippen molar-refractivity contribution in [2.24, 2.45) is 0 Å². The van der Waals surface area contributed by atoms with Gasteiger partial charge in [-0.25, -0.2) is 0 Å². The molecular weight excluding hydrogens is 279 g/mol. The Morgan fingerprint density at radius 3 is 2.00 bits per heavy atom. The lowest BCUT2D eigenvalue weighted by Gasteiger charge is -2.02. The average molecular weight is 284 g/mol. The van der Waals surface area contributed by atoms with E-state index < -0.39 is 32.8 Å². The lowest BCUT2D eigenvalue weighted by atomic mass is 10.1. The molecule has 0 fully saturated rings. The Morgan fingerprint density at radius 1 is 1.00 bits per heavy atom. The Balaban J connectivity index is 3.49. The van der Waals surface area contributed by atoms with Crippen LogP contribution >= 0.6 is 0 Å². The van der Waals surface area contributed by atoms with E-state index in [-0.39, 0.29) is 11.6 Å². The first-order valence-electron chi connectivity index (χ1n) is 4.34. The molecule has 0 aliphatic heterocycles. The van der Waals surface area contributed by atoms with Crippen molar-refractivity contribution in [1.29, 1.82) is 0 Å². The van der Waals surface area contributed by atoms with E-state index >= 15 is 0 Å². The van der Waals surface area contributed by atoms with Crippen LogP contribution in [-0.2, 0) is 10.2 Å². The van der Waals surface area contributed by atoms with Crippen LogP contribution in [0.1, 0.15) is 11.1 Å². The van der Waals surface area contributed by atoms with Crippen LogP contribution < -0.4 is 0 Å². The van der Waals surface area contributed by atoms with E-state index in [9.17, 15) is 29.9 Å². The fourth-order valence-electron chi connectivity index (χ4n) is 1.24.